The van der Waals surface area contributed by atoms with Gasteiger partial charge in [0, 0.05) is 33.5 Å². The zero-order valence-electron chi connectivity index (χ0n) is 15.1. The predicted molar refractivity (Wildman–Crippen MR) is 101 cm³/mol. The maximum Gasteiger partial charge on any atom is 0.396 e. The van der Waals surface area contributed by atoms with E-state index in [0.717, 1.165) is 11.6 Å². The summed E-state index contributed by atoms with van der Waals surface area (Å²) in [6.07, 6.45) is -1.68. The van der Waals surface area contributed by atoms with E-state index in [1.54, 1.807) is 12.4 Å². The van der Waals surface area contributed by atoms with Gasteiger partial charge in [0.1, 0.15) is 23.6 Å². The Morgan fingerprint density at radius 1 is 1.19 bits per heavy atom. The van der Waals surface area contributed by atoms with E-state index < -0.39 is 20.7 Å². The lowest BCUT2D eigenvalue weighted by Gasteiger charge is -2.16. The zero-order valence-corrected chi connectivity index (χ0v) is 17.7. The molecule has 0 aromatic carbocycles. The van der Waals surface area contributed by atoms with E-state index in [1.807, 2.05) is 12.1 Å². The number of alkyl halides is 3. The normalized spacial score (nSPS) is 12.6. The van der Waals surface area contributed by atoms with Crippen molar-refractivity contribution in [2.24, 2.45) is 0 Å². The Morgan fingerprint density at radius 3 is 2.42 bits per heavy atom. The SMILES string of the molecule is C[Si](C)(C)CCOCn1c(CC(F)(F)F)nc(Cc2ccncc2)c1Br. The molecule has 0 saturated carbocycles. The van der Waals surface area contributed by atoms with Crippen molar-refractivity contribution in [1.82, 2.24) is 14.5 Å². The summed E-state index contributed by atoms with van der Waals surface area (Å²) in [5, 5.41) is 0. The van der Waals surface area contributed by atoms with Crippen molar-refractivity contribution in [3.8, 4) is 0 Å². The average Bonchev–Trinajstić information content (AvgIpc) is 2.78. The maximum absolute atomic E-state index is 12.9. The number of pyridine rings is 1. The van der Waals surface area contributed by atoms with Crippen LogP contribution in [0.4, 0.5) is 13.2 Å². The molecule has 144 valence electrons. The third kappa shape index (κ3) is 6.84. The molecule has 0 atom stereocenters. The van der Waals surface area contributed by atoms with E-state index in [2.05, 4.69) is 45.5 Å². The van der Waals surface area contributed by atoms with Gasteiger partial charge in [-0.15, -0.1) is 0 Å². The smallest absolute Gasteiger partial charge is 0.361 e. The maximum atomic E-state index is 12.9. The molecule has 2 rings (SSSR count). The molecule has 0 saturated heterocycles. The van der Waals surface area contributed by atoms with Gasteiger partial charge in [0.15, 0.2) is 0 Å². The molecule has 9 heteroatoms. The quantitative estimate of drug-likeness (QED) is 0.418. The molecule has 0 radical (unpaired) electrons. The number of imidazole rings is 1. The Balaban J connectivity index is 2.17. The number of halogens is 4. The summed E-state index contributed by atoms with van der Waals surface area (Å²) in [5.41, 5.74) is 1.49. The first-order valence-corrected chi connectivity index (χ1v) is 12.8. The lowest BCUT2D eigenvalue weighted by molar-refractivity contribution is -0.129. The van der Waals surface area contributed by atoms with Gasteiger partial charge in [0.25, 0.3) is 0 Å². The van der Waals surface area contributed by atoms with Crippen molar-refractivity contribution in [3.05, 3.63) is 46.2 Å². The molecule has 2 aromatic rings. The zero-order chi connectivity index (χ0) is 19.4. The summed E-state index contributed by atoms with van der Waals surface area (Å²) in [6, 6.07) is 4.59. The Morgan fingerprint density at radius 2 is 1.85 bits per heavy atom. The summed E-state index contributed by atoms with van der Waals surface area (Å²) >= 11 is 3.40. The molecule has 2 heterocycles. The van der Waals surface area contributed by atoms with Crippen LogP contribution < -0.4 is 0 Å². The third-order valence-corrected chi connectivity index (χ3v) is 6.34. The number of hydrogen-bond donors (Lipinski definition) is 0. The minimum Gasteiger partial charge on any atom is -0.361 e. The molecule has 0 unspecified atom stereocenters. The second kappa shape index (κ2) is 8.66. The number of rotatable bonds is 8. The Bertz CT molecular complexity index is 715. The van der Waals surface area contributed by atoms with E-state index in [-0.39, 0.29) is 12.6 Å². The number of aromatic nitrogens is 3. The van der Waals surface area contributed by atoms with Crippen LogP contribution in [0.3, 0.4) is 0 Å². The summed E-state index contributed by atoms with van der Waals surface area (Å²) in [4.78, 5) is 8.17. The molecule has 0 amide bonds. The Labute approximate surface area is 160 Å². The first-order chi connectivity index (χ1) is 12.1. The lowest BCUT2D eigenvalue weighted by atomic mass is 10.1. The van der Waals surface area contributed by atoms with Crippen LogP contribution in [-0.2, 0) is 24.3 Å². The van der Waals surface area contributed by atoms with Gasteiger partial charge in [-0.3, -0.25) is 9.55 Å². The number of nitrogens with zero attached hydrogens (tertiary/aromatic N) is 3. The Hall–Kier alpha value is -1.19. The van der Waals surface area contributed by atoms with Crippen LogP contribution in [0.5, 0.6) is 0 Å². The van der Waals surface area contributed by atoms with Crippen LogP contribution in [0.2, 0.25) is 25.7 Å². The first-order valence-electron chi connectivity index (χ1n) is 8.32. The molecule has 0 aliphatic carbocycles. The average molecular weight is 450 g/mol. The topological polar surface area (TPSA) is 39.9 Å². The molecule has 0 N–H and O–H groups in total. The van der Waals surface area contributed by atoms with Gasteiger partial charge in [-0.2, -0.15) is 13.2 Å². The second-order valence-corrected chi connectivity index (χ2v) is 13.7. The van der Waals surface area contributed by atoms with Crippen molar-refractivity contribution >= 4 is 24.0 Å². The minimum absolute atomic E-state index is 0.0403. The highest BCUT2D eigenvalue weighted by molar-refractivity contribution is 9.10. The molecule has 4 nitrogen and oxygen atoms in total. The lowest BCUT2D eigenvalue weighted by Crippen LogP contribution is -2.22. The monoisotopic (exact) mass is 449 g/mol. The predicted octanol–water partition coefficient (Wildman–Crippen LogP) is 5.05. The van der Waals surface area contributed by atoms with Gasteiger partial charge in [-0.25, -0.2) is 4.98 Å². The standard InChI is InChI=1S/C17H23BrF3N3OSi/c1-26(2,3)9-8-25-12-24-15(11-17(19,20)21)23-14(16(24)18)10-13-4-6-22-7-5-13/h4-7H,8-12H2,1-3H3. The number of ether oxygens (including phenoxy) is 1. The van der Waals surface area contributed by atoms with Gasteiger partial charge in [-0.1, -0.05) is 19.6 Å². The fraction of sp³-hybridized carbons (Fsp3) is 0.529. The van der Waals surface area contributed by atoms with E-state index in [9.17, 15) is 13.2 Å². The molecule has 0 spiro atoms. The molecular formula is C17H23BrF3N3OSi. The highest BCUT2D eigenvalue weighted by Gasteiger charge is 2.32. The van der Waals surface area contributed by atoms with Crippen molar-refractivity contribution < 1.29 is 17.9 Å². The van der Waals surface area contributed by atoms with Gasteiger partial charge in [-0.05, 0) is 39.7 Å². The third-order valence-electron chi connectivity index (χ3n) is 3.75. The van der Waals surface area contributed by atoms with Gasteiger partial charge in [0.2, 0.25) is 0 Å². The van der Waals surface area contributed by atoms with E-state index in [4.69, 9.17) is 4.74 Å². The fourth-order valence-electron chi connectivity index (χ4n) is 2.32. The van der Waals surface area contributed by atoms with Crippen molar-refractivity contribution in [2.45, 2.75) is 51.4 Å². The van der Waals surface area contributed by atoms with Crippen LogP contribution in [-0.4, -0.2) is 35.4 Å². The first kappa shape index (κ1) is 21.1. The second-order valence-electron chi connectivity index (χ2n) is 7.37. The highest BCUT2D eigenvalue weighted by atomic mass is 79.9. The molecule has 26 heavy (non-hydrogen) atoms. The van der Waals surface area contributed by atoms with Crippen molar-refractivity contribution in [3.63, 3.8) is 0 Å². The minimum atomic E-state index is -4.32. The van der Waals surface area contributed by atoms with Gasteiger partial charge in [0.05, 0.1) is 5.69 Å². The van der Waals surface area contributed by atoms with E-state index >= 15 is 0 Å². The number of hydrogen-bond acceptors (Lipinski definition) is 3. The van der Waals surface area contributed by atoms with E-state index in [0.29, 0.717) is 23.3 Å². The van der Waals surface area contributed by atoms with Crippen LogP contribution in [0.1, 0.15) is 17.1 Å². The van der Waals surface area contributed by atoms with Crippen molar-refractivity contribution in [2.75, 3.05) is 6.61 Å². The molecule has 2 aromatic heterocycles. The van der Waals surface area contributed by atoms with Gasteiger partial charge >= 0.3 is 6.18 Å². The van der Waals surface area contributed by atoms with Crippen molar-refractivity contribution in [1.29, 1.82) is 0 Å². The molecule has 0 bridgehead atoms. The van der Waals surface area contributed by atoms with E-state index in [1.165, 1.54) is 4.57 Å². The molecule has 0 fully saturated rings. The Kier molecular flexibility index (Phi) is 7.03. The summed E-state index contributed by atoms with van der Waals surface area (Å²) in [6.45, 7) is 7.27. The summed E-state index contributed by atoms with van der Waals surface area (Å²) in [5.74, 6) is -0.0403. The summed E-state index contributed by atoms with van der Waals surface area (Å²) < 4.78 is 46.4. The van der Waals surface area contributed by atoms with Crippen LogP contribution in [0.25, 0.3) is 0 Å². The summed E-state index contributed by atoms with van der Waals surface area (Å²) in [7, 11) is -1.25. The van der Waals surface area contributed by atoms with Crippen LogP contribution in [0, 0.1) is 0 Å². The highest BCUT2D eigenvalue weighted by Crippen LogP contribution is 2.27. The largest absolute Gasteiger partial charge is 0.396 e. The molecular weight excluding hydrogens is 427 g/mol. The van der Waals surface area contributed by atoms with Crippen LogP contribution >= 0.6 is 15.9 Å². The molecule has 0 aliphatic heterocycles. The van der Waals surface area contributed by atoms with Crippen LogP contribution in [0.15, 0.2) is 29.1 Å². The fourth-order valence-corrected chi connectivity index (χ4v) is 3.61. The van der Waals surface area contributed by atoms with Gasteiger partial charge < -0.3 is 4.74 Å². The molecule has 0 aliphatic rings.